The number of hydrogen-bond donors (Lipinski definition) is 1. The third-order valence-electron chi connectivity index (χ3n) is 3.44. The fourth-order valence-electron chi connectivity index (χ4n) is 2.39. The van der Waals surface area contributed by atoms with Crippen LogP contribution in [0.15, 0.2) is 57.7 Å². The maximum absolute atomic E-state index is 12.0. The zero-order valence-corrected chi connectivity index (χ0v) is 12.2. The first kappa shape index (κ1) is 14.1. The predicted octanol–water partition coefficient (Wildman–Crippen LogP) is 2.93. The van der Waals surface area contributed by atoms with Crippen LogP contribution in [0.25, 0.3) is 11.1 Å². The molecule has 0 aliphatic rings. The summed E-state index contributed by atoms with van der Waals surface area (Å²) in [5, 5.41) is 2.83. The number of carbonyl (C=O) groups excluding carboxylic acids is 1. The van der Waals surface area contributed by atoms with Crippen molar-refractivity contribution in [2.75, 3.05) is 5.32 Å². The van der Waals surface area contributed by atoms with Gasteiger partial charge in [0.15, 0.2) is 5.58 Å². The van der Waals surface area contributed by atoms with Crippen LogP contribution in [-0.4, -0.2) is 10.5 Å². The second-order valence-electron chi connectivity index (χ2n) is 5.15. The van der Waals surface area contributed by atoms with Crippen molar-refractivity contribution in [1.82, 2.24) is 4.57 Å². The fraction of sp³-hybridized carbons (Fsp3) is 0.176. The third-order valence-corrected chi connectivity index (χ3v) is 3.44. The molecule has 22 heavy (non-hydrogen) atoms. The molecule has 0 aliphatic heterocycles. The quantitative estimate of drug-likeness (QED) is 0.805. The van der Waals surface area contributed by atoms with E-state index in [1.165, 1.54) is 4.57 Å². The van der Waals surface area contributed by atoms with Gasteiger partial charge in [-0.05, 0) is 36.8 Å². The molecule has 1 heterocycles. The van der Waals surface area contributed by atoms with Crippen LogP contribution in [0.2, 0.25) is 0 Å². The number of rotatable bonds is 4. The lowest BCUT2D eigenvalue weighted by atomic mass is 10.2. The Labute approximate surface area is 127 Å². The van der Waals surface area contributed by atoms with E-state index >= 15 is 0 Å². The summed E-state index contributed by atoms with van der Waals surface area (Å²) in [4.78, 5) is 23.8. The van der Waals surface area contributed by atoms with E-state index in [9.17, 15) is 9.59 Å². The van der Waals surface area contributed by atoms with Gasteiger partial charge in [0, 0.05) is 18.7 Å². The Kier molecular flexibility index (Phi) is 3.78. The van der Waals surface area contributed by atoms with E-state index in [4.69, 9.17) is 4.42 Å². The SMILES string of the molecule is Cc1cccc(NC(=O)CCn2c(=O)oc3ccccc32)c1. The van der Waals surface area contributed by atoms with E-state index < -0.39 is 5.76 Å². The molecule has 0 fully saturated rings. The monoisotopic (exact) mass is 296 g/mol. The van der Waals surface area contributed by atoms with Gasteiger partial charge >= 0.3 is 5.76 Å². The molecule has 5 nitrogen and oxygen atoms in total. The summed E-state index contributed by atoms with van der Waals surface area (Å²) >= 11 is 0. The molecule has 1 aromatic heterocycles. The minimum atomic E-state index is -0.440. The Hall–Kier alpha value is -2.82. The van der Waals surface area contributed by atoms with Crippen molar-refractivity contribution in [2.45, 2.75) is 19.9 Å². The van der Waals surface area contributed by atoms with Crippen molar-refractivity contribution in [1.29, 1.82) is 0 Å². The highest BCUT2D eigenvalue weighted by atomic mass is 16.4. The standard InChI is InChI=1S/C17H16N2O3/c1-12-5-4-6-13(11-12)18-16(20)9-10-19-14-7-2-3-8-15(14)22-17(19)21/h2-8,11H,9-10H2,1H3,(H,18,20). The molecule has 0 saturated carbocycles. The number of para-hydroxylation sites is 2. The smallest absolute Gasteiger partial charge is 0.408 e. The molecule has 112 valence electrons. The highest BCUT2D eigenvalue weighted by molar-refractivity contribution is 5.90. The minimum absolute atomic E-state index is 0.136. The Bertz CT molecular complexity index is 877. The zero-order chi connectivity index (χ0) is 15.5. The van der Waals surface area contributed by atoms with Gasteiger partial charge in [0.2, 0.25) is 5.91 Å². The van der Waals surface area contributed by atoms with Crippen LogP contribution in [0, 0.1) is 6.92 Å². The molecule has 0 radical (unpaired) electrons. The van der Waals surface area contributed by atoms with Gasteiger partial charge in [0.1, 0.15) is 0 Å². The molecule has 1 amide bonds. The van der Waals surface area contributed by atoms with Gasteiger partial charge in [0.05, 0.1) is 5.52 Å². The van der Waals surface area contributed by atoms with Crippen LogP contribution in [0.4, 0.5) is 5.69 Å². The molecule has 3 rings (SSSR count). The number of hydrogen-bond acceptors (Lipinski definition) is 3. The van der Waals surface area contributed by atoms with Crippen LogP contribution in [0.5, 0.6) is 0 Å². The van der Waals surface area contributed by atoms with E-state index in [2.05, 4.69) is 5.32 Å². The van der Waals surface area contributed by atoms with Gasteiger partial charge in [-0.3, -0.25) is 9.36 Å². The molecule has 0 unspecified atom stereocenters. The van der Waals surface area contributed by atoms with Crippen LogP contribution in [0.3, 0.4) is 0 Å². The van der Waals surface area contributed by atoms with E-state index in [1.807, 2.05) is 37.3 Å². The number of benzene rings is 2. The number of carbonyl (C=O) groups is 1. The van der Waals surface area contributed by atoms with Crippen LogP contribution < -0.4 is 11.1 Å². The summed E-state index contributed by atoms with van der Waals surface area (Å²) in [6.45, 7) is 2.25. The van der Waals surface area contributed by atoms with Crippen LogP contribution in [0.1, 0.15) is 12.0 Å². The number of amides is 1. The van der Waals surface area contributed by atoms with Crippen molar-refractivity contribution in [3.05, 3.63) is 64.6 Å². The van der Waals surface area contributed by atoms with Gasteiger partial charge in [-0.1, -0.05) is 24.3 Å². The van der Waals surface area contributed by atoms with Gasteiger partial charge < -0.3 is 9.73 Å². The molecule has 0 spiro atoms. The summed E-state index contributed by atoms with van der Waals surface area (Å²) in [7, 11) is 0. The predicted molar refractivity (Wildman–Crippen MR) is 84.9 cm³/mol. The maximum Gasteiger partial charge on any atom is 0.419 e. The van der Waals surface area contributed by atoms with Crippen molar-refractivity contribution in [2.24, 2.45) is 0 Å². The molecule has 1 N–H and O–H groups in total. The number of oxazole rings is 1. The number of nitrogens with zero attached hydrogens (tertiary/aromatic N) is 1. The summed E-state index contributed by atoms with van der Waals surface area (Å²) in [5.74, 6) is -0.577. The van der Waals surface area contributed by atoms with E-state index in [-0.39, 0.29) is 18.9 Å². The number of aryl methyl sites for hydroxylation is 2. The second-order valence-corrected chi connectivity index (χ2v) is 5.15. The fourth-order valence-corrected chi connectivity index (χ4v) is 2.39. The average molecular weight is 296 g/mol. The molecule has 0 aliphatic carbocycles. The van der Waals surface area contributed by atoms with Crippen molar-refractivity contribution >= 4 is 22.7 Å². The minimum Gasteiger partial charge on any atom is -0.408 e. The largest absolute Gasteiger partial charge is 0.419 e. The number of aromatic nitrogens is 1. The number of nitrogens with one attached hydrogen (secondary N) is 1. The normalized spacial score (nSPS) is 10.8. The molecule has 0 bridgehead atoms. The number of anilines is 1. The summed E-state index contributed by atoms with van der Waals surface area (Å²) in [6.07, 6.45) is 0.206. The highest BCUT2D eigenvalue weighted by Crippen LogP contribution is 2.13. The van der Waals surface area contributed by atoms with Crippen molar-refractivity contribution < 1.29 is 9.21 Å². The lowest BCUT2D eigenvalue weighted by Crippen LogP contribution is -2.19. The molecule has 0 atom stereocenters. The Morgan fingerprint density at radius 3 is 2.82 bits per heavy atom. The molecule has 2 aromatic carbocycles. The first-order chi connectivity index (χ1) is 10.6. The summed E-state index contributed by atoms with van der Waals surface area (Å²) in [5.41, 5.74) is 3.08. The number of fused-ring (bicyclic) bond motifs is 1. The highest BCUT2D eigenvalue weighted by Gasteiger charge is 2.10. The van der Waals surface area contributed by atoms with Crippen LogP contribution >= 0.6 is 0 Å². The van der Waals surface area contributed by atoms with E-state index in [0.29, 0.717) is 11.1 Å². The Balaban J connectivity index is 1.70. The summed E-state index contributed by atoms with van der Waals surface area (Å²) < 4.78 is 6.62. The van der Waals surface area contributed by atoms with Crippen molar-refractivity contribution in [3.63, 3.8) is 0 Å². The molecular weight excluding hydrogens is 280 g/mol. The molecule has 5 heteroatoms. The van der Waals surface area contributed by atoms with E-state index in [1.54, 1.807) is 18.2 Å². The maximum atomic E-state index is 12.0. The third kappa shape index (κ3) is 2.93. The first-order valence-electron chi connectivity index (χ1n) is 7.08. The van der Waals surface area contributed by atoms with Gasteiger partial charge in [-0.15, -0.1) is 0 Å². The van der Waals surface area contributed by atoms with E-state index in [0.717, 1.165) is 11.3 Å². The summed E-state index contributed by atoms with van der Waals surface area (Å²) in [6, 6.07) is 14.8. The molecule has 3 aromatic rings. The van der Waals surface area contributed by atoms with Gasteiger partial charge in [0.25, 0.3) is 0 Å². The lowest BCUT2D eigenvalue weighted by molar-refractivity contribution is -0.116. The topological polar surface area (TPSA) is 64.2 Å². The first-order valence-corrected chi connectivity index (χ1v) is 7.08. The Morgan fingerprint density at radius 2 is 2.00 bits per heavy atom. The second kappa shape index (κ2) is 5.89. The average Bonchev–Trinajstić information content (AvgIpc) is 2.80. The lowest BCUT2D eigenvalue weighted by Gasteiger charge is -2.06. The Morgan fingerprint density at radius 1 is 1.18 bits per heavy atom. The van der Waals surface area contributed by atoms with Gasteiger partial charge in [-0.2, -0.15) is 0 Å². The zero-order valence-electron chi connectivity index (χ0n) is 12.2. The molecule has 0 saturated heterocycles. The van der Waals surface area contributed by atoms with Gasteiger partial charge in [-0.25, -0.2) is 4.79 Å². The van der Waals surface area contributed by atoms with Crippen molar-refractivity contribution in [3.8, 4) is 0 Å². The van der Waals surface area contributed by atoms with Crippen LogP contribution in [-0.2, 0) is 11.3 Å². The molecular formula is C17H16N2O3.